The Morgan fingerprint density at radius 2 is 2.33 bits per heavy atom. The van der Waals surface area contributed by atoms with E-state index in [1.807, 2.05) is 12.1 Å². The standard InChI is InChI=1S/C10H13NO/c1-7-5-6-8-9(11-7)3-2-4-10(8)12/h2-4,7,11-12H,5-6H2,1H3/t7-/m0/s1. The van der Waals surface area contributed by atoms with Crippen LogP contribution in [0, 0.1) is 0 Å². The molecular formula is C10H13NO. The van der Waals surface area contributed by atoms with E-state index in [1.165, 1.54) is 0 Å². The molecule has 2 nitrogen and oxygen atoms in total. The highest BCUT2D eigenvalue weighted by Crippen LogP contribution is 2.31. The number of hydrogen-bond donors (Lipinski definition) is 2. The number of phenolic OH excluding ortho intramolecular Hbond substituents is 1. The maximum Gasteiger partial charge on any atom is 0.120 e. The maximum absolute atomic E-state index is 9.50. The lowest BCUT2D eigenvalue weighted by atomic mass is 9.98. The summed E-state index contributed by atoms with van der Waals surface area (Å²) in [6, 6.07) is 6.17. The van der Waals surface area contributed by atoms with Crippen molar-refractivity contribution in [3.05, 3.63) is 23.8 Å². The maximum atomic E-state index is 9.50. The average molecular weight is 163 g/mol. The van der Waals surface area contributed by atoms with Crippen LogP contribution in [0.15, 0.2) is 18.2 Å². The predicted octanol–water partition coefficient (Wildman–Crippen LogP) is 2.14. The van der Waals surface area contributed by atoms with Gasteiger partial charge in [0, 0.05) is 17.3 Å². The van der Waals surface area contributed by atoms with Gasteiger partial charge in [0.25, 0.3) is 0 Å². The molecule has 1 atom stereocenters. The van der Waals surface area contributed by atoms with Crippen LogP contribution in [0.3, 0.4) is 0 Å². The molecule has 0 aliphatic carbocycles. The summed E-state index contributed by atoms with van der Waals surface area (Å²) in [6.07, 6.45) is 2.08. The first-order valence-corrected chi connectivity index (χ1v) is 4.35. The van der Waals surface area contributed by atoms with E-state index in [0.29, 0.717) is 11.8 Å². The fourth-order valence-corrected chi connectivity index (χ4v) is 1.67. The van der Waals surface area contributed by atoms with E-state index in [4.69, 9.17) is 0 Å². The van der Waals surface area contributed by atoms with Gasteiger partial charge in [0.1, 0.15) is 5.75 Å². The van der Waals surface area contributed by atoms with Gasteiger partial charge in [-0.15, -0.1) is 0 Å². The molecule has 0 saturated carbocycles. The minimum Gasteiger partial charge on any atom is -0.508 e. The molecule has 0 saturated heterocycles. The van der Waals surface area contributed by atoms with Crippen LogP contribution in [-0.4, -0.2) is 11.1 Å². The second-order valence-corrected chi connectivity index (χ2v) is 3.39. The summed E-state index contributed by atoms with van der Waals surface area (Å²) in [6.45, 7) is 2.16. The van der Waals surface area contributed by atoms with Gasteiger partial charge in [-0.05, 0) is 31.9 Å². The predicted molar refractivity (Wildman–Crippen MR) is 49.5 cm³/mol. The molecule has 0 aromatic heterocycles. The summed E-state index contributed by atoms with van der Waals surface area (Å²) >= 11 is 0. The lowest BCUT2D eigenvalue weighted by molar-refractivity contribution is 0.464. The summed E-state index contributed by atoms with van der Waals surface area (Å²) in [5.41, 5.74) is 2.16. The largest absolute Gasteiger partial charge is 0.508 e. The first-order valence-electron chi connectivity index (χ1n) is 4.35. The van der Waals surface area contributed by atoms with Crippen LogP contribution in [0.1, 0.15) is 18.9 Å². The van der Waals surface area contributed by atoms with Crippen molar-refractivity contribution < 1.29 is 5.11 Å². The van der Waals surface area contributed by atoms with Crippen molar-refractivity contribution in [2.45, 2.75) is 25.8 Å². The topological polar surface area (TPSA) is 32.3 Å². The molecule has 2 heteroatoms. The highest BCUT2D eigenvalue weighted by atomic mass is 16.3. The molecule has 0 spiro atoms. The SMILES string of the molecule is C[C@H]1CCc2c(O)cccc2N1. The second-order valence-electron chi connectivity index (χ2n) is 3.39. The van der Waals surface area contributed by atoms with Gasteiger partial charge in [-0.25, -0.2) is 0 Å². The van der Waals surface area contributed by atoms with E-state index in [0.717, 1.165) is 24.1 Å². The third-order valence-electron chi connectivity index (χ3n) is 2.38. The normalized spacial score (nSPS) is 21.2. The van der Waals surface area contributed by atoms with E-state index in [-0.39, 0.29) is 0 Å². The Bertz CT molecular complexity index is 296. The van der Waals surface area contributed by atoms with E-state index in [1.54, 1.807) is 6.07 Å². The van der Waals surface area contributed by atoms with E-state index in [2.05, 4.69) is 12.2 Å². The Kier molecular flexibility index (Phi) is 1.68. The van der Waals surface area contributed by atoms with Crippen molar-refractivity contribution >= 4 is 5.69 Å². The van der Waals surface area contributed by atoms with Crippen molar-refractivity contribution in [3.63, 3.8) is 0 Å². The zero-order valence-electron chi connectivity index (χ0n) is 7.17. The molecule has 0 amide bonds. The molecule has 2 N–H and O–H groups in total. The number of rotatable bonds is 0. The Morgan fingerprint density at radius 3 is 3.17 bits per heavy atom. The van der Waals surface area contributed by atoms with Crippen LogP contribution in [0.25, 0.3) is 0 Å². The minimum absolute atomic E-state index is 0.423. The van der Waals surface area contributed by atoms with Gasteiger partial charge in [-0.2, -0.15) is 0 Å². The molecule has 0 radical (unpaired) electrons. The highest BCUT2D eigenvalue weighted by molar-refractivity contribution is 5.59. The number of hydrogen-bond acceptors (Lipinski definition) is 2. The summed E-state index contributed by atoms with van der Waals surface area (Å²) < 4.78 is 0. The third kappa shape index (κ3) is 1.13. The molecule has 0 bridgehead atoms. The molecule has 0 fully saturated rings. The molecule has 2 rings (SSSR count). The monoisotopic (exact) mass is 163 g/mol. The van der Waals surface area contributed by atoms with Gasteiger partial charge in [0.2, 0.25) is 0 Å². The number of nitrogens with one attached hydrogen (secondary N) is 1. The van der Waals surface area contributed by atoms with Gasteiger partial charge in [0.05, 0.1) is 0 Å². The molecule has 1 heterocycles. The second kappa shape index (κ2) is 2.70. The Labute approximate surface area is 72.2 Å². The summed E-state index contributed by atoms with van der Waals surface area (Å²) in [4.78, 5) is 0. The lowest BCUT2D eigenvalue weighted by Crippen LogP contribution is -2.21. The quantitative estimate of drug-likeness (QED) is 0.614. The summed E-state index contributed by atoms with van der Waals surface area (Å²) in [5, 5.41) is 12.8. The minimum atomic E-state index is 0.423. The number of phenols is 1. The Morgan fingerprint density at radius 1 is 1.50 bits per heavy atom. The number of anilines is 1. The Hall–Kier alpha value is -1.18. The fourth-order valence-electron chi connectivity index (χ4n) is 1.67. The van der Waals surface area contributed by atoms with Crippen molar-refractivity contribution in [1.82, 2.24) is 0 Å². The molecule has 0 unspecified atom stereocenters. The highest BCUT2D eigenvalue weighted by Gasteiger charge is 2.15. The van der Waals surface area contributed by atoms with Crippen LogP contribution in [-0.2, 0) is 6.42 Å². The Balaban J connectivity index is 2.42. The molecule has 1 aromatic carbocycles. The first-order chi connectivity index (χ1) is 5.77. The van der Waals surface area contributed by atoms with E-state index >= 15 is 0 Å². The zero-order valence-corrected chi connectivity index (χ0v) is 7.17. The van der Waals surface area contributed by atoms with Crippen LogP contribution >= 0.6 is 0 Å². The van der Waals surface area contributed by atoms with Crippen LogP contribution in [0.4, 0.5) is 5.69 Å². The van der Waals surface area contributed by atoms with Gasteiger partial charge >= 0.3 is 0 Å². The van der Waals surface area contributed by atoms with E-state index < -0.39 is 0 Å². The first kappa shape index (κ1) is 7.47. The number of aromatic hydroxyl groups is 1. The van der Waals surface area contributed by atoms with Crippen molar-refractivity contribution in [1.29, 1.82) is 0 Å². The van der Waals surface area contributed by atoms with Gasteiger partial charge < -0.3 is 10.4 Å². The van der Waals surface area contributed by atoms with Crippen molar-refractivity contribution in [2.24, 2.45) is 0 Å². The molecule has 12 heavy (non-hydrogen) atoms. The van der Waals surface area contributed by atoms with Crippen molar-refractivity contribution in [2.75, 3.05) is 5.32 Å². The van der Waals surface area contributed by atoms with Crippen LogP contribution < -0.4 is 5.32 Å². The molecular weight excluding hydrogens is 150 g/mol. The van der Waals surface area contributed by atoms with Crippen LogP contribution in [0.2, 0.25) is 0 Å². The van der Waals surface area contributed by atoms with Gasteiger partial charge in [-0.1, -0.05) is 6.07 Å². The fraction of sp³-hybridized carbons (Fsp3) is 0.400. The summed E-state index contributed by atoms with van der Waals surface area (Å²) in [7, 11) is 0. The third-order valence-corrected chi connectivity index (χ3v) is 2.38. The van der Waals surface area contributed by atoms with Crippen molar-refractivity contribution in [3.8, 4) is 5.75 Å². The zero-order chi connectivity index (χ0) is 8.55. The number of fused-ring (bicyclic) bond motifs is 1. The van der Waals surface area contributed by atoms with Gasteiger partial charge in [-0.3, -0.25) is 0 Å². The van der Waals surface area contributed by atoms with Crippen LogP contribution in [0.5, 0.6) is 5.75 Å². The average Bonchev–Trinajstić information content (AvgIpc) is 2.04. The lowest BCUT2D eigenvalue weighted by Gasteiger charge is -2.24. The molecule has 1 aromatic rings. The van der Waals surface area contributed by atoms with Gasteiger partial charge in [0.15, 0.2) is 0 Å². The number of benzene rings is 1. The smallest absolute Gasteiger partial charge is 0.120 e. The molecule has 64 valence electrons. The summed E-state index contributed by atoms with van der Waals surface area (Å²) in [5.74, 6) is 0.423. The molecule has 1 aliphatic rings. The van der Waals surface area contributed by atoms with E-state index in [9.17, 15) is 5.11 Å². The molecule has 1 aliphatic heterocycles.